The molecule has 0 aliphatic carbocycles. The Morgan fingerprint density at radius 2 is 1.72 bits per heavy atom. The fourth-order valence-corrected chi connectivity index (χ4v) is 3.27. The molecule has 0 fully saturated rings. The molecule has 0 spiro atoms. The predicted molar refractivity (Wildman–Crippen MR) is 127 cm³/mol. The summed E-state index contributed by atoms with van der Waals surface area (Å²) in [5.41, 5.74) is 1.09. The van der Waals surface area contributed by atoms with Gasteiger partial charge in [-0.3, -0.25) is 24.2 Å². The van der Waals surface area contributed by atoms with Crippen molar-refractivity contribution in [2.75, 3.05) is 6.54 Å². The normalized spacial score (nSPS) is 11.0. The lowest BCUT2D eigenvalue weighted by atomic mass is 10.0. The molecule has 3 aromatic rings. The van der Waals surface area contributed by atoms with Crippen molar-refractivity contribution in [3.05, 3.63) is 101 Å². The van der Waals surface area contributed by atoms with Crippen LogP contribution in [0.1, 0.15) is 27.2 Å². The summed E-state index contributed by atoms with van der Waals surface area (Å²) < 4.78 is 13.6. The molecule has 3 rings (SSSR count). The molecule has 0 bridgehead atoms. The summed E-state index contributed by atoms with van der Waals surface area (Å²) in [5, 5.41) is 16.2. The molecule has 2 aromatic carbocycles. The van der Waals surface area contributed by atoms with Gasteiger partial charge in [0.2, 0.25) is 11.7 Å². The van der Waals surface area contributed by atoms with Crippen molar-refractivity contribution in [1.29, 1.82) is 5.26 Å². The fourth-order valence-electron chi connectivity index (χ4n) is 3.27. The smallest absolute Gasteiger partial charge is 0.289 e. The molecular weight excluding hydrogens is 465 g/mol. The van der Waals surface area contributed by atoms with Gasteiger partial charge in [-0.15, -0.1) is 0 Å². The van der Waals surface area contributed by atoms with Gasteiger partial charge in [0.1, 0.15) is 11.9 Å². The third-order valence-corrected chi connectivity index (χ3v) is 5.01. The highest BCUT2D eigenvalue weighted by atomic mass is 19.1. The minimum absolute atomic E-state index is 0.0335. The van der Waals surface area contributed by atoms with Crippen LogP contribution in [0.4, 0.5) is 4.39 Å². The van der Waals surface area contributed by atoms with Crippen LogP contribution in [0.2, 0.25) is 0 Å². The van der Waals surface area contributed by atoms with Gasteiger partial charge in [0.05, 0.1) is 30.4 Å². The maximum Gasteiger partial charge on any atom is 0.289 e. The SMILES string of the molecule is N#Cc1cc(F)cc(C(=O)NCC(=O)N[C@H](Cc2ccccc2)C(=O)C(=O)NCc2ccccn2)c1. The third kappa shape index (κ3) is 7.56. The summed E-state index contributed by atoms with van der Waals surface area (Å²) in [7, 11) is 0. The van der Waals surface area contributed by atoms with Crippen LogP contribution in [0.5, 0.6) is 0 Å². The maximum atomic E-state index is 13.6. The van der Waals surface area contributed by atoms with Gasteiger partial charge < -0.3 is 16.0 Å². The van der Waals surface area contributed by atoms with E-state index in [9.17, 15) is 23.6 Å². The first-order valence-corrected chi connectivity index (χ1v) is 10.9. The zero-order valence-electron chi connectivity index (χ0n) is 19.0. The molecule has 1 aromatic heterocycles. The minimum atomic E-state index is -1.19. The average molecular weight is 487 g/mol. The highest BCUT2D eigenvalue weighted by molar-refractivity contribution is 6.38. The number of benzene rings is 2. The number of halogens is 1. The average Bonchev–Trinajstić information content (AvgIpc) is 2.90. The third-order valence-electron chi connectivity index (χ3n) is 5.01. The van der Waals surface area contributed by atoms with Crippen molar-refractivity contribution in [1.82, 2.24) is 20.9 Å². The molecule has 10 heteroatoms. The van der Waals surface area contributed by atoms with Crippen LogP contribution in [-0.2, 0) is 27.3 Å². The lowest BCUT2D eigenvalue weighted by molar-refractivity contribution is -0.140. The van der Waals surface area contributed by atoms with Crippen LogP contribution in [-0.4, -0.2) is 41.1 Å². The van der Waals surface area contributed by atoms with E-state index in [2.05, 4.69) is 20.9 Å². The number of rotatable bonds is 10. The first-order chi connectivity index (χ1) is 17.4. The quantitative estimate of drug-likeness (QED) is 0.370. The molecule has 0 aliphatic heterocycles. The molecule has 3 amide bonds. The van der Waals surface area contributed by atoms with E-state index in [4.69, 9.17) is 5.26 Å². The molecule has 36 heavy (non-hydrogen) atoms. The largest absolute Gasteiger partial charge is 0.344 e. The summed E-state index contributed by atoms with van der Waals surface area (Å²) in [4.78, 5) is 54.3. The molecule has 3 N–H and O–H groups in total. The van der Waals surface area contributed by atoms with Gasteiger partial charge in [0, 0.05) is 18.2 Å². The van der Waals surface area contributed by atoms with Crippen molar-refractivity contribution in [3.63, 3.8) is 0 Å². The Balaban J connectivity index is 1.64. The molecule has 9 nitrogen and oxygen atoms in total. The van der Waals surface area contributed by atoms with E-state index < -0.39 is 41.9 Å². The van der Waals surface area contributed by atoms with Crippen molar-refractivity contribution in [2.45, 2.75) is 19.0 Å². The number of ketones is 1. The molecular formula is C26H22FN5O4. The molecule has 0 saturated carbocycles. The first-order valence-electron chi connectivity index (χ1n) is 10.9. The number of nitriles is 1. The van der Waals surface area contributed by atoms with Gasteiger partial charge in [-0.25, -0.2) is 4.39 Å². The second-order valence-electron chi connectivity index (χ2n) is 7.70. The van der Waals surface area contributed by atoms with Crippen LogP contribution in [0, 0.1) is 17.1 Å². The van der Waals surface area contributed by atoms with E-state index in [0.717, 1.165) is 12.1 Å². The Morgan fingerprint density at radius 3 is 2.42 bits per heavy atom. The zero-order chi connectivity index (χ0) is 25.9. The molecule has 1 heterocycles. The lowest BCUT2D eigenvalue weighted by Gasteiger charge is -2.18. The molecule has 0 radical (unpaired) electrons. The Morgan fingerprint density at radius 1 is 0.972 bits per heavy atom. The summed E-state index contributed by atoms with van der Waals surface area (Å²) in [6, 6.07) is 17.6. The predicted octanol–water partition coefficient (Wildman–Crippen LogP) is 1.44. The highest BCUT2D eigenvalue weighted by Gasteiger charge is 2.27. The number of amides is 3. The van der Waals surface area contributed by atoms with E-state index in [1.807, 2.05) is 0 Å². The Labute approximate surface area is 206 Å². The molecule has 0 saturated heterocycles. The summed E-state index contributed by atoms with van der Waals surface area (Å²) >= 11 is 0. The van der Waals surface area contributed by atoms with Crippen LogP contribution in [0.3, 0.4) is 0 Å². The second kappa shape index (κ2) is 12.5. The highest BCUT2D eigenvalue weighted by Crippen LogP contribution is 2.09. The molecule has 182 valence electrons. The lowest BCUT2D eigenvalue weighted by Crippen LogP contribution is -2.50. The van der Waals surface area contributed by atoms with Gasteiger partial charge in [0.15, 0.2) is 0 Å². The van der Waals surface area contributed by atoms with E-state index in [1.165, 1.54) is 6.07 Å². The second-order valence-corrected chi connectivity index (χ2v) is 7.70. The van der Waals surface area contributed by atoms with Crippen LogP contribution in [0.25, 0.3) is 0 Å². The van der Waals surface area contributed by atoms with Crippen LogP contribution < -0.4 is 16.0 Å². The first kappa shape index (κ1) is 25.7. The Bertz CT molecular complexity index is 1290. The van der Waals surface area contributed by atoms with Crippen molar-refractivity contribution < 1.29 is 23.6 Å². The topological polar surface area (TPSA) is 141 Å². The zero-order valence-corrected chi connectivity index (χ0v) is 19.0. The number of nitrogens with one attached hydrogen (secondary N) is 3. The van der Waals surface area contributed by atoms with E-state index in [1.54, 1.807) is 60.8 Å². The fraction of sp³-hybridized carbons (Fsp3) is 0.154. The molecule has 0 aliphatic rings. The van der Waals surface area contributed by atoms with Gasteiger partial charge in [0.25, 0.3) is 11.8 Å². The Hall–Kier alpha value is -4.91. The minimum Gasteiger partial charge on any atom is -0.344 e. The number of carbonyl (C=O) groups excluding carboxylic acids is 4. The van der Waals surface area contributed by atoms with Crippen molar-refractivity contribution >= 4 is 23.5 Å². The molecule has 0 unspecified atom stereocenters. The number of nitrogens with zero attached hydrogens (tertiary/aromatic N) is 2. The van der Waals surface area contributed by atoms with Gasteiger partial charge in [-0.2, -0.15) is 5.26 Å². The van der Waals surface area contributed by atoms with Gasteiger partial charge in [-0.1, -0.05) is 36.4 Å². The summed E-state index contributed by atoms with van der Waals surface area (Å²) in [6.45, 7) is -0.503. The summed E-state index contributed by atoms with van der Waals surface area (Å²) in [5.74, 6) is -4.03. The number of Topliss-reactive ketones (excluding diaryl/α,β-unsaturated/α-hetero) is 1. The van der Waals surface area contributed by atoms with Crippen LogP contribution in [0.15, 0.2) is 72.9 Å². The Kier molecular flexibility index (Phi) is 8.94. The number of hydrogen-bond acceptors (Lipinski definition) is 6. The molecule has 1 atom stereocenters. The van der Waals surface area contributed by atoms with E-state index >= 15 is 0 Å². The number of hydrogen-bond donors (Lipinski definition) is 3. The monoisotopic (exact) mass is 487 g/mol. The maximum absolute atomic E-state index is 13.6. The van der Waals surface area contributed by atoms with Gasteiger partial charge in [-0.05, 0) is 35.9 Å². The number of pyridine rings is 1. The van der Waals surface area contributed by atoms with Crippen molar-refractivity contribution in [3.8, 4) is 6.07 Å². The van der Waals surface area contributed by atoms with Crippen molar-refractivity contribution in [2.24, 2.45) is 0 Å². The van der Waals surface area contributed by atoms with Gasteiger partial charge >= 0.3 is 0 Å². The van der Waals surface area contributed by atoms with Crippen LogP contribution >= 0.6 is 0 Å². The number of carbonyl (C=O) groups is 4. The standard InChI is InChI=1S/C26H22FN5O4/c27-20-11-18(14-28)10-19(13-20)25(35)31-16-23(33)32-22(12-17-6-2-1-3-7-17)24(34)26(36)30-15-21-8-4-5-9-29-21/h1-11,13,22H,12,15-16H2,(H,30,36)(H,31,35)(H,32,33)/t22-/m1/s1. The summed E-state index contributed by atoms with van der Waals surface area (Å²) in [6.07, 6.45) is 1.60. The van der Waals surface area contributed by atoms with E-state index in [0.29, 0.717) is 11.3 Å². The number of aromatic nitrogens is 1. The van der Waals surface area contributed by atoms with E-state index in [-0.39, 0.29) is 24.1 Å².